The molecule has 0 N–H and O–H groups in total. The van der Waals surface area contributed by atoms with Gasteiger partial charge in [-0.1, -0.05) is 37.6 Å². The van der Waals surface area contributed by atoms with Crippen LogP contribution in [0.4, 0.5) is 0 Å². The molecule has 0 unspecified atom stereocenters. The lowest BCUT2D eigenvalue weighted by molar-refractivity contribution is 0.310. The molecule has 0 radical (unpaired) electrons. The summed E-state index contributed by atoms with van der Waals surface area (Å²) in [5, 5.41) is 3.44. The average molecular weight is 357 g/mol. The van der Waals surface area contributed by atoms with Gasteiger partial charge in [-0.3, -0.25) is 0 Å². The standard InChI is InChI=1S/C24H23NO2/c1-3-4-13-27-22-9-7-17-14-19(6-5-18(17)15-22)23-11-8-20-16-21(26-2)10-12-24(20)25-23/h5-12,14-16H,3-4,13H2,1-2H3. The van der Waals surface area contributed by atoms with E-state index < -0.39 is 0 Å². The number of benzene rings is 3. The van der Waals surface area contributed by atoms with Crippen molar-refractivity contribution in [1.82, 2.24) is 4.98 Å². The van der Waals surface area contributed by atoms with Crippen LogP contribution in [0.2, 0.25) is 0 Å². The van der Waals surface area contributed by atoms with Crippen molar-refractivity contribution in [1.29, 1.82) is 0 Å². The number of rotatable bonds is 6. The number of fused-ring (bicyclic) bond motifs is 2. The quantitative estimate of drug-likeness (QED) is 0.383. The van der Waals surface area contributed by atoms with Crippen LogP contribution in [0.25, 0.3) is 32.9 Å². The van der Waals surface area contributed by atoms with Crippen molar-refractivity contribution in [2.24, 2.45) is 0 Å². The summed E-state index contributed by atoms with van der Waals surface area (Å²) in [7, 11) is 1.68. The van der Waals surface area contributed by atoms with E-state index in [0.717, 1.165) is 53.1 Å². The fourth-order valence-electron chi connectivity index (χ4n) is 3.20. The number of aromatic nitrogens is 1. The number of ether oxygens (including phenoxy) is 2. The van der Waals surface area contributed by atoms with Crippen LogP contribution in [0, 0.1) is 0 Å². The van der Waals surface area contributed by atoms with Crippen LogP contribution < -0.4 is 9.47 Å². The van der Waals surface area contributed by atoms with E-state index >= 15 is 0 Å². The van der Waals surface area contributed by atoms with E-state index in [4.69, 9.17) is 14.5 Å². The maximum atomic E-state index is 5.81. The Morgan fingerprint density at radius 2 is 1.52 bits per heavy atom. The van der Waals surface area contributed by atoms with Crippen LogP contribution >= 0.6 is 0 Å². The fraction of sp³-hybridized carbons (Fsp3) is 0.208. The van der Waals surface area contributed by atoms with Crippen molar-refractivity contribution < 1.29 is 9.47 Å². The third kappa shape index (κ3) is 3.72. The molecule has 0 spiro atoms. The summed E-state index contributed by atoms with van der Waals surface area (Å²) in [6.07, 6.45) is 2.22. The third-order valence-corrected chi connectivity index (χ3v) is 4.77. The van der Waals surface area contributed by atoms with E-state index in [1.54, 1.807) is 7.11 Å². The minimum Gasteiger partial charge on any atom is -0.497 e. The number of hydrogen-bond donors (Lipinski definition) is 0. The van der Waals surface area contributed by atoms with Crippen molar-refractivity contribution in [3.8, 4) is 22.8 Å². The Morgan fingerprint density at radius 3 is 2.37 bits per heavy atom. The second-order valence-corrected chi connectivity index (χ2v) is 6.68. The summed E-state index contributed by atoms with van der Waals surface area (Å²) in [5.41, 5.74) is 3.05. The number of nitrogens with zero attached hydrogens (tertiary/aromatic N) is 1. The topological polar surface area (TPSA) is 31.4 Å². The number of methoxy groups -OCH3 is 1. The predicted molar refractivity (Wildman–Crippen MR) is 112 cm³/mol. The van der Waals surface area contributed by atoms with E-state index in [2.05, 4.69) is 49.4 Å². The Hall–Kier alpha value is -3.07. The van der Waals surface area contributed by atoms with Gasteiger partial charge in [0.1, 0.15) is 11.5 Å². The largest absolute Gasteiger partial charge is 0.497 e. The van der Waals surface area contributed by atoms with Gasteiger partial charge >= 0.3 is 0 Å². The Kier molecular flexibility index (Phi) is 4.93. The van der Waals surface area contributed by atoms with Crippen LogP contribution in [-0.4, -0.2) is 18.7 Å². The minimum atomic E-state index is 0.770. The first-order chi connectivity index (χ1) is 13.3. The van der Waals surface area contributed by atoms with Crippen molar-refractivity contribution in [3.63, 3.8) is 0 Å². The zero-order valence-corrected chi connectivity index (χ0v) is 15.7. The van der Waals surface area contributed by atoms with Gasteiger partial charge in [0.15, 0.2) is 0 Å². The summed E-state index contributed by atoms with van der Waals surface area (Å²) < 4.78 is 11.1. The van der Waals surface area contributed by atoms with E-state index in [9.17, 15) is 0 Å². The molecular weight excluding hydrogens is 334 g/mol. The first kappa shape index (κ1) is 17.3. The zero-order chi connectivity index (χ0) is 18.6. The zero-order valence-electron chi connectivity index (χ0n) is 15.7. The van der Waals surface area contributed by atoms with Gasteiger partial charge < -0.3 is 9.47 Å². The van der Waals surface area contributed by atoms with E-state index in [-0.39, 0.29) is 0 Å². The average Bonchev–Trinajstić information content (AvgIpc) is 2.72. The molecule has 0 atom stereocenters. The maximum absolute atomic E-state index is 5.81. The molecule has 3 heteroatoms. The van der Waals surface area contributed by atoms with E-state index in [1.807, 2.05) is 24.3 Å². The monoisotopic (exact) mass is 357 g/mol. The van der Waals surface area contributed by atoms with Gasteiger partial charge in [0, 0.05) is 10.9 Å². The van der Waals surface area contributed by atoms with Crippen LogP contribution in [0.15, 0.2) is 66.7 Å². The van der Waals surface area contributed by atoms with Crippen LogP contribution in [-0.2, 0) is 0 Å². The molecule has 4 aromatic rings. The summed E-state index contributed by atoms with van der Waals surface area (Å²) in [5.74, 6) is 1.78. The lowest BCUT2D eigenvalue weighted by Crippen LogP contribution is -1.96. The smallest absolute Gasteiger partial charge is 0.119 e. The molecule has 27 heavy (non-hydrogen) atoms. The highest BCUT2D eigenvalue weighted by Crippen LogP contribution is 2.28. The first-order valence-electron chi connectivity index (χ1n) is 9.38. The molecule has 0 aliphatic rings. The molecule has 0 aliphatic carbocycles. The third-order valence-electron chi connectivity index (χ3n) is 4.77. The molecule has 0 bridgehead atoms. The lowest BCUT2D eigenvalue weighted by Gasteiger charge is -2.09. The molecule has 1 heterocycles. The molecule has 0 amide bonds. The molecule has 0 saturated carbocycles. The van der Waals surface area contributed by atoms with Gasteiger partial charge in [-0.2, -0.15) is 0 Å². The van der Waals surface area contributed by atoms with Gasteiger partial charge in [0.25, 0.3) is 0 Å². The summed E-state index contributed by atoms with van der Waals surface area (Å²) in [6, 6.07) is 22.8. The Labute approximate surface area is 159 Å². The second-order valence-electron chi connectivity index (χ2n) is 6.68. The van der Waals surface area contributed by atoms with Gasteiger partial charge in [0.05, 0.1) is 24.9 Å². The Balaban J connectivity index is 1.65. The molecule has 4 rings (SSSR count). The molecule has 0 aliphatic heterocycles. The molecule has 0 fully saturated rings. The molecular formula is C24H23NO2. The number of unbranched alkanes of at least 4 members (excludes halogenated alkanes) is 1. The highest BCUT2D eigenvalue weighted by Gasteiger charge is 2.05. The molecule has 3 nitrogen and oxygen atoms in total. The summed E-state index contributed by atoms with van der Waals surface area (Å²) >= 11 is 0. The van der Waals surface area contributed by atoms with Crippen LogP contribution in [0.3, 0.4) is 0 Å². The Bertz CT molecular complexity index is 1090. The van der Waals surface area contributed by atoms with Crippen molar-refractivity contribution in [2.45, 2.75) is 19.8 Å². The van der Waals surface area contributed by atoms with Gasteiger partial charge in [-0.15, -0.1) is 0 Å². The number of hydrogen-bond acceptors (Lipinski definition) is 3. The number of pyridine rings is 1. The lowest BCUT2D eigenvalue weighted by atomic mass is 10.0. The highest BCUT2D eigenvalue weighted by molar-refractivity contribution is 5.89. The van der Waals surface area contributed by atoms with Gasteiger partial charge in [-0.05, 0) is 59.7 Å². The summed E-state index contributed by atoms with van der Waals surface area (Å²) in [6.45, 7) is 2.94. The van der Waals surface area contributed by atoms with Crippen LogP contribution in [0.5, 0.6) is 11.5 Å². The first-order valence-corrected chi connectivity index (χ1v) is 9.38. The summed E-state index contributed by atoms with van der Waals surface area (Å²) in [4.78, 5) is 4.81. The van der Waals surface area contributed by atoms with Crippen molar-refractivity contribution in [2.75, 3.05) is 13.7 Å². The van der Waals surface area contributed by atoms with E-state index in [1.165, 1.54) is 10.8 Å². The SMILES string of the molecule is CCCCOc1ccc2cc(-c3ccc4cc(OC)ccc4n3)ccc2c1. The minimum absolute atomic E-state index is 0.770. The van der Waals surface area contributed by atoms with E-state index in [0.29, 0.717) is 0 Å². The van der Waals surface area contributed by atoms with Gasteiger partial charge in [0.2, 0.25) is 0 Å². The molecule has 3 aromatic carbocycles. The predicted octanol–water partition coefficient (Wildman–Crippen LogP) is 6.24. The Morgan fingerprint density at radius 1 is 0.778 bits per heavy atom. The van der Waals surface area contributed by atoms with Crippen molar-refractivity contribution >= 4 is 21.7 Å². The normalized spacial score (nSPS) is 11.0. The van der Waals surface area contributed by atoms with Crippen molar-refractivity contribution in [3.05, 3.63) is 66.7 Å². The molecule has 1 aromatic heterocycles. The fourth-order valence-corrected chi connectivity index (χ4v) is 3.20. The van der Waals surface area contributed by atoms with Crippen LogP contribution in [0.1, 0.15) is 19.8 Å². The maximum Gasteiger partial charge on any atom is 0.119 e. The van der Waals surface area contributed by atoms with Gasteiger partial charge in [-0.25, -0.2) is 4.98 Å². The second kappa shape index (κ2) is 7.67. The highest BCUT2D eigenvalue weighted by atomic mass is 16.5. The molecule has 0 saturated heterocycles. The molecule has 136 valence electrons.